The average Bonchev–Trinajstić information content (AvgIpc) is 3.06. The van der Waals surface area contributed by atoms with E-state index >= 15 is 0 Å². The molecule has 2 atom stereocenters. The van der Waals surface area contributed by atoms with Gasteiger partial charge in [-0.2, -0.15) is 13.2 Å². The van der Waals surface area contributed by atoms with E-state index in [-0.39, 0.29) is 5.69 Å². The average molecular weight is 410 g/mol. The largest absolute Gasteiger partial charge is 0.426 e. The minimum Gasteiger partial charge on any atom is -0.426 e. The van der Waals surface area contributed by atoms with Crippen LogP contribution in [0, 0.1) is 5.92 Å². The summed E-state index contributed by atoms with van der Waals surface area (Å²) in [6.07, 6.45) is -0.648. The number of ketones is 1. The molecule has 0 aliphatic carbocycles. The number of ether oxygens (including phenoxy) is 1. The molecule has 2 rings (SSSR count). The molecule has 1 aliphatic heterocycles. The second kappa shape index (κ2) is 8.18. The van der Waals surface area contributed by atoms with E-state index in [9.17, 15) is 27.6 Å². The number of allylic oxidation sites excluding steroid dienone is 1. The van der Waals surface area contributed by atoms with Crippen LogP contribution in [0.2, 0.25) is 0 Å². The minimum absolute atomic E-state index is 0.0942. The fourth-order valence-corrected chi connectivity index (χ4v) is 3.15. The number of benzene rings is 1. The number of halogens is 3. The maximum Gasteiger partial charge on any atom is 0.416 e. The molecular formula is C20H21F3N2O4. The second-order valence-electron chi connectivity index (χ2n) is 6.92. The van der Waals surface area contributed by atoms with Crippen LogP contribution in [-0.2, 0) is 25.3 Å². The van der Waals surface area contributed by atoms with Gasteiger partial charge in [0.1, 0.15) is 6.04 Å². The molecule has 0 fully saturated rings. The van der Waals surface area contributed by atoms with Crippen LogP contribution in [0.1, 0.15) is 33.3 Å². The van der Waals surface area contributed by atoms with E-state index in [1.807, 2.05) is 0 Å². The normalized spacial score (nSPS) is 19.3. The number of hydrogen-bond donors (Lipinski definition) is 0. The van der Waals surface area contributed by atoms with Crippen molar-refractivity contribution in [1.29, 1.82) is 0 Å². The van der Waals surface area contributed by atoms with Crippen molar-refractivity contribution in [3.05, 3.63) is 42.0 Å². The Labute approximate surface area is 166 Å². The van der Waals surface area contributed by atoms with Crippen molar-refractivity contribution >= 4 is 29.6 Å². The number of alkyl halides is 3. The predicted molar refractivity (Wildman–Crippen MR) is 100 cm³/mol. The minimum atomic E-state index is -4.62. The Morgan fingerprint density at radius 2 is 1.83 bits per heavy atom. The van der Waals surface area contributed by atoms with Crippen molar-refractivity contribution in [2.24, 2.45) is 10.9 Å². The highest BCUT2D eigenvalue weighted by atomic mass is 19.4. The fourth-order valence-electron chi connectivity index (χ4n) is 3.15. The maximum absolute atomic E-state index is 13.4. The smallest absolute Gasteiger partial charge is 0.416 e. The number of anilines is 1. The summed E-state index contributed by atoms with van der Waals surface area (Å²) < 4.78 is 44.6. The zero-order valence-corrected chi connectivity index (χ0v) is 16.4. The van der Waals surface area contributed by atoms with Crippen LogP contribution in [0.3, 0.4) is 0 Å². The van der Waals surface area contributed by atoms with E-state index in [4.69, 9.17) is 4.74 Å². The molecule has 0 saturated heterocycles. The van der Waals surface area contributed by atoms with Gasteiger partial charge >= 0.3 is 12.1 Å². The number of nitrogens with zero attached hydrogens (tertiary/aromatic N) is 2. The molecule has 1 aromatic rings. The molecule has 156 valence electrons. The Bertz CT molecular complexity index is 863. The van der Waals surface area contributed by atoms with Crippen LogP contribution < -0.4 is 4.90 Å². The number of rotatable bonds is 6. The van der Waals surface area contributed by atoms with Crippen LogP contribution >= 0.6 is 0 Å². The molecule has 1 amide bonds. The number of aliphatic imine (C=N–C) groups is 1. The summed E-state index contributed by atoms with van der Waals surface area (Å²) in [5, 5.41) is 0. The molecule has 0 N–H and O–H groups in total. The SMILES string of the molecule is CC(=O)OC1(C(=O)C(C(C)C)N(C(C)=O)c2cccc(C(F)(F)F)c2)C=CC=N1. The van der Waals surface area contributed by atoms with Gasteiger partial charge < -0.3 is 9.64 Å². The maximum atomic E-state index is 13.4. The standard InChI is InChI=1S/C20H21F3N2O4/c1-12(2)17(18(28)19(29-14(4)27)9-6-10-24-19)25(13(3)26)16-8-5-7-15(11-16)20(21,22)23/h5-12,17H,1-4H3. The summed E-state index contributed by atoms with van der Waals surface area (Å²) in [5.74, 6) is -2.66. The lowest BCUT2D eigenvalue weighted by atomic mass is 9.90. The van der Waals surface area contributed by atoms with Crippen LogP contribution in [0.4, 0.5) is 18.9 Å². The molecule has 1 aromatic carbocycles. The zero-order valence-electron chi connectivity index (χ0n) is 16.4. The molecular weight excluding hydrogens is 389 g/mol. The van der Waals surface area contributed by atoms with Crippen LogP contribution in [0.25, 0.3) is 0 Å². The zero-order chi connectivity index (χ0) is 22.0. The fraction of sp³-hybridized carbons (Fsp3) is 0.400. The highest BCUT2D eigenvalue weighted by Crippen LogP contribution is 2.34. The predicted octanol–water partition coefficient (Wildman–Crippen LogP) is 3.55. The first-order valence-corrected chi connectivity index (χ1v) is 8.83. The lowest BCUT2D eigenvalue weighted by Crippen LogP contribution is -2.55. The Morgan fingerprint density at radius 1 is 1.17 bits per heavy atom. The lowest BCUT2D eigenvalue weighted by molar-refractivity contribution is -0.160. The first-order valence-electron chi connectivity index (χ1n) is 8.83. The summed E-state index contributed by atoms with van der Waals surface area (Å²) >= 11 is 0. The van der Waals surface area contributed by atoms with Gasteiger partial charge in [-0.15, -0.1) is 0 Å². The number of carbonyl (C=O) groups is 3. The van der Waals surface area contributed by atoms with E-state index in [2.05, 4.69) is 4.99 Å². The summed E-state index contributed by atoms with van der Waals surface area (Å²) in [4.78, 5) is 42.3. The third kappa shape index (κ3) is 4.72. The molecule has 9 heteroatoms. The molecule has 29 heavy (non-hydrogen) atoms. The molecule has 1 heterocycles. The van der Waals surface area contributed by atoms with Crippen molar-refractivity contribution in [3.63, 3.8) is 0 Å². The first kappa shape index (κ1) is 22.3. The van der Waals surface area contributed by atoms with Crippen molar-refractivity contribution in [2.45, 2.75) is 45.6 Å². The molecule has 0 bridgehead atoms. The van der Waals surface area contributed by atoms with Crippen LogP contribution in [0.5, 0.6) is 0 Å². The number of esters is 1. The number of Topliss-reactive ketones (excluding diaryl/α,β-unsaturated/α-hetero) is 1. The van der Waals surface area contributed by atoms with Crippen molar-refractivity contribution in [1.82, 2.24) is 0 Å². The molecule has 1 aliphatic rings. The molecule has 6 nitrogen and oxygen atoms in total. The van der Waals surface area contributed by atoms with Gasteiger partial charge in [-0.3, -0.25) is 14.4 Å². The summed E-state index contributed by atoms with van der Waals surface area (Å²) in [7, 11) is 0. The summed E-state index contributed by atoms with van der Waals surface area (Å²) in [6, 6.07) is 2.92. The Balaban J connectivity index is 2.57. The van der Waals surface area contributed by atoms with Crippen molar-refractivity contribution in [3.8, 4) is 0 Å². The number of carbonyl (C=O) groups excluding carboxylic acids is 3. The molecule has 0 aromatic heterocycles. The van der Waals surface area contributed by atoms with E-state index in [1.165, 1.54) is 24.4 Å². The van der Waals surface area contributed by atoms with Crippen molar-refractivity contribution in [2.75, 3.05) is 4.90 Å². The molecule has 0 spiro atoms. The van der Waals surface area contributed by atoms with Gasteiger partial charge in [0.05, 0.1) is 5.56 Å². The van der Waals surface area contributed by atoms with Gasteiger partial charge in [0.25, 0.3) is 5.72 Å². The van der Waals surface area contributed by atoms with Crippen LogP contribution in [0.15, 0.2) is 41.4 Å². The Hall–Kier alpha value is -2.97. The monoisotopic (exact) mass is 410 g/mol. The third-order valence-electron chi connectivity index (χ3n) is 4.30. The van der Waals surface area contributed by atoms with Gasteiger partial charge in [0.2, 0.25) is 11.7 Å². The molecule has 0 radical (unpaired) electrons. The molecule has 0 saturated carbocycles. The van der Waals surface area contributed by atoms with Crippen molar-refractivity contribution < 1.29 is 32.3 Å². The second-order valence-corrected chi connectivity index (χ2v) is 6.92. The Morgan fingerprint density at radius 3 is 2.28 bits per heavy atom. The summed E-state index contributed by atoms with van der Waals surface area (Å²) in [6.45, 7) is 5.53. The van der Waals surface area contributed by atoms with Gasteiger partial charge in [0.15, 0.2) is 0 Å². The number of amides is 1. The van der Waals surface area contributed by atoms with Gasteiger partial charge in [-0.1, -0.05) is 19.9 Å². The highest BCUT2D eigenvalue weighted by Gasteiger charge is 2.48. The van der Waals surface area contributed by atoms with E-state index in [0.29, 0.717) is 0 Å². The van der Waals surface area contributed by atoms with Gasteiger partial charge in [-0.05, 0) is 36.3 Å². The molecule has 2 unspecified atom stereocenters. The first-order chi connectivity index (χ1) is 13.4. The van der Waals surface area contributed by atoms with Crippen LogP contribution in [-0.4, -0.2) is 35.6 Å². The summed E-state index contributed by atoms with van der Waals surface area (Å²) in [5.41, 5.74) is -3.01. The van der Waals surface area contributed by atoms with E-state index in [0.717, 1.165) is 36.9 Å². The highest BCUT2D eigenvalue weighted by molar-refractivity contribution is 6.06. The van der Waals surface area contributed by atoms with Gasteiger partial charge in [-0.25, -0.2) is 4.99 Å². The van der Waals surface area contributed by atoms with Gasteiger partial charge in [0, 0.05) is 25.7 Å². The Kier molecular flexibility index (Phi) is 6.30. The lowest BCUT2D eigenvalue weighted by Gasteiger charge is -2.36. The topological polar surface area (TPSA) is 76.0 Å². The van der Waals surface area contributed by atoms with E-state index < -0.39 is 47.1 Å². The third-order valence-corrected chi connectivity index (χ3v) is 4.30. The number of hydrogen-bond acceptors (Lipinski definition) is 5. The van der Waals surface area contributed by atoms with E-state index in [1.54, 1.807) is 13.8 Å². The quantitative estimate of drug-likeness (QED) is 0.672.